The summed E-state index contributed by atoms with van der Waals surface area (Å²) >= 11 is 0. The standard InChI is InChI=1S/C18H28N2/c1-2-13-8-6-7-11-15(13)18(20-19)17-12-16(17)14-9-4-3-5-10-14/h3-5,9-10,13,15-18,20H,2,6-8,11-12,19H2,1H3. The molecule has 1 aromatic carbocycles. The van der Waals surface area contributed by atoms with E-state index in [2.05, 4.69) is 42.7 Å². The Morgan fingerprint density at radius 2 is 1.90 bits per heavy atom. The Morgan fingerprint density at radius 1 is 1.15 bits per heavy atom. The van der Waals surface area contributed by atoms with Crippen LogP contribution in [0.25, 0.3) is 0 Å². The Morgan fingerprint density at radius 3 is 2.60 bits per heavy atom. The maximum absolute atomic E-state index is 5.95. The van der Waals surface area contributed by atoms with E-state index in [-0.39, 0.29) is 0 Å². The molecule has 2 heteroatoms. The molecule has 0 heterocycles. The van der Waals surface area contributed by atoms with Crippen molar-refractivity contribution in [1.82, 2.24) is 5.43 Å². The van der Waals surface area contributed by atoms with Gasteiger partial charge < -0.3 is 0 Å². The van der Waals surface area contributed by atoms with Gasteiger partial charge in [-0.05, 0) is 42.1 Å². The first kappa shape index (κ1) is 14.1. The fraction of sp³-hybridized carbons (Fsp3) is 0.667. The minimum atomic E-state index is 0.519. The van der Waals surface area contributed by atoms with Gasteiger partial charge in [-0.15, -0.1) is 0 Å². The molecule has 3 rings (SSSR count). The van der Waals surface area contributed by atoms with Crippen molar-refractivity contribution in [2.24, 2.45) is 23.6 Å². The van der Waals surface area contributed by atoms with Crippen molar-refractivity contribution in [2.75, 3.05) is 0 Å². The van der Waals surface area contributed by atoms with E-state index >= 15 is 0 Å². The zero-order chi connectivity index (χ0) is 13.9. The summed E-state index contributed by atoms with van der Waals surface area (Å²) in [7, 11) is 0. The first-order valence-corrected chi connectivity index (χ1v) is 8.36. The van der Waals surface area contributed by atoms with Gasteiger partial charge in [0.1, 0.15) is 0 Å². The van der Waals surface area contributed by atoms with Crippen LogP contribution in [0.2, 0.25) is 0 Å². The molecular formula is C18H28N2. The Hall–Kier alpha value is -0.860. The molecule has 2 aliphatic carbocycles. The highest BCUT2D eigenvalue weighted by Crippen LogP contribution is 2.53. The van der Waals surface area contributed by atoms with Crippen LogP contribution in [-0.4, -0.2) is 6.04 Å². The Bertz CT molecular complexity index is 417. The largest absolute Gasteiger partial charge is 0.271 e. The molecule has 2 aliphatic rings. The van der Waals surface area contributed by atoms with E-state index in [4.69, 9.17) is 5.84 Å². The Labute approximate surface area is 123 Å². The molecule has 0 amide bonds. The lowest BCUT2D eigenvalue weighted by atomic mass is 9.72. The third kappa shape index (κ3) is 2.77. The number of benzene rings is 1. The van der Waals surface area contributed by atoms with Crippen molar-refractivity contribution in [3.05, 3.63) is 35.9 Å². The van der Waals surface area contributed by atoms with E-state index in [1.165, 1.54) is 44.1 Å². The van der Waals surface area contributed by atoms with E-state index in [0.717, 1.165) is 23.7 Å². The maximum Gasteiger partial charge on any atom is 0.0275 e. The molecular weight excluding hydrogens is 244 g/mol. The van der Waals surface area contributed by atoms with Crippen LogP contribution in [0.1, 0.15) is 56.9 Å². The molecule has 110 valence electrons. The minimum absolute atomic E-state index is 0.519. The quantitative estimate of drug-likeness (QED) is 0.631. The number of hydrogen-bond donors (Lipinski definition) is 2. The summed E-state index contributed by atoms with van der Waals surface area (Å²) < 4.78 is 0. The van der Waals surface area contributed by atoms with E-state index in [9.17, 15) is 0 Å². The van der Waals surface area contributed by atoms with Gasteiger partial charge in [0.05, 0.1) is 0 Å². The third-order valence-corrected chi connectivity index (χ3v) is 5.67. The zero-order valence-corrected chi connectivity index (χ0v) is 12.6. The van der Waals surface area contributed by atoms with Crippen LogP contribution in [-0.2, 0) is 0 Å². The molecule has 0 radical (unpaired) electrons. The van der Waals surface area contributed by atoms with Crippen molar-refractivity contribution in [3.63, 3.8) is 0 Å². The fourth-order valence-electron chi connectivity index (χ4n) is 4.48. The molecule has 5 unspecified atom stereocenters. The summed E-state index contributed by atoms with van der Waals surface area (Å²) in [6.07, 6.45) is 8.20. The van der Waals surface area contributed by atoms with Crippen molar-refractivity contribution in [3.8, 4) is 0 Å². The number of nitrogens with one attached hydrogen (secondary N) is 1. The molecule has 0 spiro atoms. The lowest BCUT2D eigenvalue weighted by Crippen LogP contribution is -2.46. The molecule has 2 fully saturated rings. The highest BCUT2D eigenvalue weighted by molar-refractivity contribution is 5.27. The molecule has 1 aromatic rings. The predicted octanol–water partition coefficient (Wildman–Crippen LogP) is 3.84. The highest BCUT2D eigenvalue weighted by atomic mass is 15.2. The fourth-order valence-corrected chi connectivity index (χ4v) is 4.48. The smallest absolute Gasteiger partial charge is 0.0275 e. The average molecular weight is 272 g/mol. The number of hydrogen-bond acceptors (Lipinski definition) is 2. The van der Waals surface area contributed by atoms with Gasteiger partial charge in [0, 0.05) is 6.04 Å². The van der Waals surface area contributed by atoms with Crippen LogP contribution in [0, 0.1) is 17.8 Å². The minimum Gasteiger partial charge on any atom is -0.271 e. The van der Waals surface area contributed by atoms with E-state index < -0.39 is 0 Å². The van der Waals surface area contributed by atoms with Gasteiger partial charge in [-0.3, -0.25) is 11.3 Å². The molecule has 20 heavy (non-hydrogen) atoms. The molecule has 2 nitrogen and oxygen atoms in total. The highest BCUT2D eigenvalue weighted by Gasteiger charge is 2.47. The van der Waals surface area contributed by atoms with Crippen LogP contribution in [0.4, 0.5) is 0 Å². The molecule has 5 atom stereocenters. The third-order valence-electron chi connectivity index (χ3n) is 5.67. The Kier molecular flexibility index (Phi) is 4.42. The van der Waals surface area contributed by atoms with Gasteiger partial charge in [0.2, 0.25) is 0 Å². The molecule has 3 N–H and O–H groups in total. The number of hydrazine groups is 1. The van der Waals surface area contributed by atoms with Crippen molar-refractivity contribution < 1.29 is 0 Å². The van der Waals surface area contributed by atoms with Crippen LogP contribution in [0.3, 0.4) is 0 Å². The molecule has 2 saturated carbocycles. The average Bonchev–Trinajstić information content (AvgIpc) is 3.30. The lowest BCUT2D eigenvalue weighted by molar-refractivity contribution is 0.161. The van der Waals surface area contributed by atoms with E-state index in [1.54, 1.807) is 0 Å². The molecule has 0 aliphatic heterocycles. The van der Waals surface area contributed by atoms with Gasteiger partial charge >= 0.3 is 0 Å². The van der Waals surface area contributed by atoms with Crippen molar-refractivity contribution >= 4 is 0 Å². The predicted molar refractivity (Wildman–Crippen MR) is 84.1 cm³/mol. The van der Waals surface area contributed by atoms with Crippen molar-refractivity contribution in [2.45, 2.75) is 57.4 Å². The zero-order valence-electron chi connectivity index (χ0n) is 12.6. The Balaban J connectivity index is 1.69. The van der Waals surface area contributed by atoms with Crippen LogP contribution in [0.5, 0.6) is 0 Å². The van der Waals surface area contributed by atoms with Crippen LogP contribution < -0.4 is 11.3 Å². The normalized spacial score (nSPS) is 34.7. The maximum atomic E-state index is 5.95. The van der Waals surface area contributed by atoms with E-state index in [1.807, 2.05) is 0 Å². The van der Waals surface area contributed by atoms with E-state index in [0.29, 0.717) is 6.04 Å². The summed E-state index contributed by atoms with van der Waals surface area (Å²) in [5.41, 5.74) is 4.70. The first-order valence-electron chi connectivity index (χ1n) is 8.36. The van der Waals surface area contributed by atoms with Crippen LogP contribution >= 0.6 is 0 Å². The van der Waals surface area contributed by atoms with Gasteiger partial charge in [-0.1, -0.05) is 62.9 Å². The van der Waals surface area contributed by atoms with Gasteiger partial charge in [0.15, 0.2) is 0 Å². The first-order chi connectivity index (χ1) is 9.85. The lowest BCUT2D eigenvalue weighted by Gasteiger charge is -2.37. The molecule has 0 aromatic heterocycles. The second-order valence-corrected chi connectivity index (χ2v) is 6.73. The summed E-state index contributed by atoms with van der Waals surface area (Å²) in [6.45, 7) is 2.35. The summed E-state index contributed by atoms with van der Waals surface area (Å²) in [4.78, 5) is 0. The van der Waals surface area contributed by atoms with Gasteiger partial charge in [-0.2, -0.15) is 0 Å². The number of nitrogens with two attached hydrogens (primary N) is 1. The molecule has 0 bridgehead atoms. The van der Waals surface area contributed by atoms with Crippen molar-refractivity contribution in [1.29, 1.82) is 0 Å². The topological polar surface area (TPSA) is 38.0 Å². The summed E-state index contributed by atoms with van der Waals surface area (Å²) in [5.74, 6) is 9.10. The second-order valence-electron chi connectivity index (χ2n) is 6.73. The SMILES string of the molecule is CCC1CCCCC1C(NN)C1CC1c1ccccc1. The van der Waals surface area contributed by atoms with Gasteiger partial charge in [-0.25, -0.2) is 0 Å². The summed E-state index contributed by atoms with van der Waals surface area (Å²) in [6, 6.07) is 11.5. The summed E-state index contributed by atoms with van der Waals surface area (Å²) in [5, 5.41) is 0. The van der Waals surface area contributed by atoms with Gasteiger partial charge in [0.25, 0.3) is 0 Å². The molecule has 0 saturated heterocycles. The van der Waals surface area contributed by atoms with Crippen LogP contribution in [0.15, 0.2) is 30.3 Å². The second kappa shape index (κ2) is 6.28. The monoisotopic (exact) mass is 272 g/mol. The number of rotatable bonds is 5.